The molecule has 362 valence electrons. The monoisotopic (exact) mass is 951 g/mol. The number of hydrogen-bond acceptors (Lipinski definition) is 12. The minimum absolute atomic E-state index is 0.0581. The fourth-order valence-corrected chi connectivity index (χ4v) is 8.68. The summed E-state index contributed by atoms with van der Waals surface area (Å²) in [5.41, 5.74) is 18.7. The molecule has 65 heavy (non-hydrogen) atoms. The molecule has 1 aliphatic heterocycles. The van der Waals surface area contributed by atoms with Crippen molar-refractivity contribution in [2.75, 3.05) is 37.4 Å². The van der Waals surface area contributed by atoms with E-state index in [0.29, 0.717) is 30.1 Å². The van der Waals surface area contributed by atoms with Crippen LogP contribution < -0.4 is 59.7 Å². The van der Waals surface area contributed by atoms with E-state index < -0.39 is 109 Å². The molecule has 2 bridgehead atoms. The molecule has 15 N–H and O–H groups in total. The number of guanidine groups is 1. The molecular weight excluding hydrogens is 885 g/mol. The summed E-state index contributed by atoms with van der Waals surface area (Å²) >= 11 is 1.31. The number of carbonyl (C=O) groups is 9. The van der Waals surface area contributed by atoms with Gasteiger partial charge in [0.05, 0.1) is 25.4 Å². The van der Waals surface area contributed by atoms with Crippen LogP contribution in [-0.2, 0) is 65.6 Å². The maximum atomic E-state index is 13.6. The highest BCUT2D eigenvalue weighted by Crippen LogP contribution is 2.18. The molecule has 0 saturated heterocycles. The van der Waals surface area contributed by atoms with Gasteiger partial charge in [-0.2, -0.15) is 11.8 Å². The van der Waals surface area contributed by atoms with Gasteiger partial charge in [0.15, 0.2) is 5.96 Å². The lowest BCUT2D eigenvalue weighted by molar-refractivity contribution is -0.141. The van der Waals surface area contributed by atoms with Crippen LogP contribution in [-0.4, -0.2) is 144 Å². The van der Waals surface area contributed by atoms with Gasteiger partial charge in [0.2, 0.25) is 47.3 Å². The van der Waals surface area contributed by atoms with E-state index in [9.17, 15) is 48.3 Å². The van der Waals surface area contributed by atoms with E-state index in [1.54, 1.807) is 0 Å². The summed E-state index contributed by atoms with van der Waals surface area (Å²) in [5, 5.41) is 29.8. The van der Waals surface area contributed by atoms with Gasteiger partial charge in [-0.25, -0.2) is 4.79 Å². The SMILES string of the molecule is CC(C)C[C@H](N)C(=O)N[C@@H](CCCN=C(N)N)C(=O)NCC(=O)NCC(=O)N[C@H]1CC[S+](C)Cc2cccc(c2)CSC[C@@H](C(=O)O)NC(=O)[C@H](C)NC(=O)[C@H](C)NC(=O)[C@H](C)NC1=O. The second-order valence-electron chi connectivity index (χ2n) is 16.2. The van der Waals surface area contributed by atoms with E-state index in [1.165, 1.54) is 32.5 Å². The average Bonchev–Trinajstić information content (AvgIpc) is 3.23. The highest BCUT2D eigenvalue weighted by atomic mass is 32.2. The Morgan fingerprint density at radius 3 is 2.05 bits per heavy atom. The lowest BCUT2D eigenvalue weighted by Crippen LogP contribution is -2.57. The highest BCUT2D eigenvalue weighted by molar-refractivity contribution is 7.98. The Hall–Kier alpha value is -5.62. The third-order valence-corrected chi connectivity index (χ3v) is 12.6. The molecule has 1 aromatic carbocycles. The standard InChI is InChI=1S/C41H66N12O10S2/c1-22(2)15-28(42)37(59)52-29(11-8-13-45-41(43)44)38(60)47-17-32(54)46-18-33(55)51-30-12-14-65(6)21-27-10-7-9-26(16-27)19-64-20-31(40(62)63)53-36(58)25(5)49-34(56)23(3)48-35(57)24(4)50-39(30)61/h7,9-10,16,22-25,28-31H,8,11-15,17-21,42H2,1-6H3,(H12-,43,44,45,46,47,48,49,50,51,52,53,54,55,56,57,58,59,60,61,62,63)/p+1/t23-,24-,25-,28-,29-,30-,31-,65?/m0/s1. The molecule has 1 aromatic rings. The first-order chi connectivity index (χ1) is 30.6. The molecule has 22 nitrogen and oxygen atoms in total. The maximum Gasteiger partial charge on any atom is 0.327 e. The van der Waals surface area contributed by atoms with Crippen LogP contribution in [0.15, 0.2) is 29.3 Å². The quantitative estimate of drug-likeness (QED) is 0.0357. The first kappa shape index (κ1) is 55.5. The molecule has 0 aliphatic carbocycles. The van der Waals surface area contributed by atoms with Crippen LogP contribution in [0.2, 0.25) is 0 Å². The van der Waals surface area contributed by atoms with Gasteiger partial charge in [0.25, 0.3) is 0 Å². The number of amides is 8. The number of carboxylic acid groups (broad SMARTS) is 1. The number of nitrogens with two attached hydrogens (primary N) is 3. The number of benzene rings is 1. The first-order valence-electron chi connectivity index (χ1n) is 21.2. The summed E-state index contributed by atoms with van der Waals surface area (Å²) in [4.78, 5) is 120. The molecule has 2 rings (SSSR count). The Morgan fingerprint density at radius 1 is 0.862 bits per heavy atom. The third-order valence-electron chi connectivity index (χ3n) is 9.74. The van der Waals surface area contributed by atoms with Gasteiger partial charge in [0, 0.05) is 30.0 Å². The Bertz CT molecular complexity index is 1870. The van der Waals surface area contributed by atoms with Crippen molar-refractivity contribution < 1.29 is 48.3 Å². The Balaban J connectivity index is 2.17. The van der Waals surface area contributed by atoms with Crippen molar-refractivity contribution in [1.29, 1.82) is 0 Å². The molecule has 8 atom stereocenters. The maximum absolute atomic E-state index is 13.6. The van der Waals surface area contributed by atoms with Crippen LogP contribution in [0.4, 0.5) is 0 Å². The molecule has 0 saturated carbocycles. The second-order valence-corrected chi connectivity index (χ2v) is 19.5. The predicted molar refractivity (Wildman–Crippen MR) is 249 cm³/mol. The van der Waals surface area contributed by atoms with Crippen LogP contribution in [0, 0.1) is 5.92 Å². The van der Waals surface area contributed by atoms with Crippen molar-refractivity contribution in [1.82, 2.24) is 42.5 Å². The van der Waals surface area contributed by atoms with Crippen molar-refractivity contribution in [3.05, 3.63) is 35.4 Å². The molecule has 0 fully saturated rings. The summed E-state index contributed by atoms with van der Waals surface area (Å²) < 4.78 is 0. The largest absolute Gasteiger partial charge is 0.480 e. The van der Waals surface area contributed by atoms with Crippen molar-refractivity contribution in [3.8, 4) is 0 Å². The lowest BCUT2D eigenvalue weighted by atomic mass is 10.0. The minimum atomic E-state index is -1.24. The molecular formula is C41H67N12O10S2+. The van der Waals surface area contributed by atoms with Crippen LogP contribution in [0.3, 0.4) is 0 Å². The zero-order chi connectivity index (χ0) is 48.8. The first-order valence-corrected chi connectivity index (χ1v) is 24.3. The van der Waals surface area contributed by atoms with E-state index in [-0.39, 0.29) is 47.9 Å². The van der Waals surface area contributed by atoms with E-state index in [1.807, 2.05) is 44.4 Å². The number of hydrogen-bond donors (Lipinski definition) is 12. The lowest BCUT2D eigenvalue weighted by Gasteiger charge is -2.23. The third kappa shape index (κ3) is 21.7. The minimum Gasteiger partial charge on any atom is -0.480 e. The van der Waals surface area contributed by atoms with E-state index in [0.717, 1.165) is 11.1 Å². The van der Waals surface area contributed by atoms with Gasteiger partial charge >= 0.3 is 5.97 Å². The Kier molecular flexibility index (Phi) is 24.2. The van der Waals surface area contributed by atoms with Crippen molar-refractivity contribution in [2.24, 2.45) is 28.1 Å². The Morgan fingerprint density at radius 2 is 1.45 bits per heavy atom. The van der Waals surface area contributed by atoms with E-state index in [2.05, 4.69) is 47.5 Å². The predicted octanol–water partition coefficient (Wildman–Crippen LogP) is -3.22. The summed E-state index contributed by atoms with van der Waals surface area (Å²) in [6.45, 7) is 6.97. The number of carbonyl (C=O) groups excluding carboxylic acids is 8. The van der Waals surface area contributed by atoms with Gasteiger partial charge in [-0.15, -0.1) is 0 Å². The summed E-state index contributed by atoms with van der Waals surface area (Å²) in [5.74, 6) is -5.27. The number of aliphatic carboxylic acids is 1. The molecule has 0 spiro atoms. The van der Waals surface area contributed by atoms with E-state index in [4.69, 9.17) is 17.2 Å². The number of carboxylic acids is 1. The number of thioether (sulfide) groups is 1. The van der Waals surface area contributed by atoms with Crippen LogP contribution in [0.25, 0.3) is 0 Å². The van der Waals surface area contributed by atoms with Gasteiger partial charge < -0.3 is 64.8 Å². The van der Waals surface area contributed by atoms with Crippen molar-refractivity contribution >= 4 is 81.8 Å². The van der Waals surface area contributed by atoms with Crippen molar-refractivity contribution in [2.45, 2.75) is 114 Å². The van der Waals surface area contributed by atoms with Gasteiger partial charge in [-0.3, -0.25) is 43.3 Å². The molecule has 1 heterocycles. The van der Waals surface area contributed by atoms with Crippen LogP contribution in [0.1, 0.15) is 71.4 Å². The number of aliphatic imine (C=N–C) groups is 1. The molecule has 0 aromatic heterocycles. The van der Waals surface area contributed by atoms with Gasteiger partial charge in [-0.05, 0) is 62.4 Å². The fraction of sp³-hybridized carbons (Fsp3) is 0.610. The second kappa shape index (κ2) is 28.3. The number of nitrogens with zero attached hydrogens (tertiary/aromatic N) is 1. The number of fused-ring (bicyclic) bond motifs is 2. The van der Waals surface area contributed by atoms with Gasteiger partial charge in [-0.1, -0.05) is 38.1 Å². The molecule has 1 unspecified atom stereocenters. The zero-order valence-electron chi connectivity index (χ0n) is 37.8. The molecule has 1 aliphatic rings. The normalized spacial score (nSPS) is 22.6. The molecule has 24 heteroatoms. The zero-order valence-corrected chi connectivity index (χ0v) is 39.5. The summed E-state index contributed by atoms with van der Waals surface area (Å²) in [6.07, 6.45) is 2.98. The highest BCUT2D eigenvalue weighted by Gasteiger charge is 2.30. The smallest absolute Gasteiger partial charge is 0.327 e. The average molecular weight is 952 g/mol. The number of rotatable bonds is 15. The van der Waals surface area contributed by atoms with Gasteiger partial charge in [0.1, 0.15) is 47.8 Å². The van der Waals surface area contributed by atoms with Crippen molar-refractivity contribution in [3.63, 3.8) is 0 Å². The van der Waals surface area contributed by atoms with Crippen LogP contribution >= 0.6 is 11.8 Å². The van der Waals surface area contributed by atoms with Crippen LogP contribution in [0.5, 0.6) is 0 Å². The molecule has 8 amide bonds. The Labute approximate surface area is 386 Å². The summed E-state index contributed by atoms with van der Waals surface area (Å²) in [6, 6.07) is -0.0907. The topological polar surface area (TPSA) is 361 Å². The summed E-state index contributed by atoms with van der Waals surface area (Å²) in [7, 11) is -0.323. The fourth-order valence-electron chi connectivity index (χ4n) is 6.15. The molecule has 0 radical (unpaired) electrons. The number of nitrogens with one attached hydrogen (secondary N) is 8. The van der Waals surface area contributed by atoms with E-state index >= 15 is 0 Å².